The standard InChI is InChI=1S/C23H24ClF2N3O2/c24-17-7-5-15(6-8-17)23(31)29-11-3-4-16(14-29)22(30)27-18-12-19(25)21(20(26)13-18)28-9-1-2-10-28/h5-8,12-13,16H,1-4,9-11,14H2,(H,27,30). The zero-order valence-corrected chi connectivity index (χ0v) is 17.8. The number of likely N-dealkylation sites (tertiary alicyclic amines) is 1. The molecule has 2 aliphatic rings. The molecule has 1 atom stereocenters. The number of carbonyl (C=O) groups excluding carboxylic acids is 2. The summed E-state index contributed by atoms with van der Waals surface area (Å²) in [6, 6.07) is 8.93. The summed E-state index contributed by atoms with van der Waals surface area (Å²) in [7, 11) is 0. The Morgan fingerprint density at radius 1 is 0.968 bits per heavy atom. The highest BCUT2D eigenvalue weighted by Gasteiger charge is 2.29. The molecule has 31 heavy (non-hydrogen) atoms. The summed E-state index contributed by atoms with van der Waals surface area (Å²) in [6.07, 6.45) is 3.09. The second kappa shape index (κ2) is 9.22. The lowest BCUT2D eigenvalue weighted by atomic mass is 9.96. The van der Waals surface area contributed by atoms with Crippen molar-refractivity contribution < 1.29 is 18.4 Å². The zero-order chi connectivity index (χ0) is 22.0. The van der Waals surface area contributed by atoms with Crippen molar-refractivity contribution in [2.75, 3.05) is 36.4 Å². The van der Waals surface area contributed by atoms with Crippen molar-refractivity contribution in [1.82, 2.24) is 4.90 Å². The van der Waals surface area contributed by atoms with E-state index in [0.29, 0.717) is 43.1 Å². The molecule has 8 heteroatoms. The average Bonchev–Trinajstić information content (AvgIpc) is 3.27. The van der Waals surface area contributed by atoms with Crippen LogP contribution in [-0.2, 0) is 4.79 Å². The van der Waals surface area contributed by atoms with Gasteiger partial charge in [-0.25, -0.2) is 8.78 Å². The number of benzene rings is 2. The normalized spacial score (nSPS) is 18.9. The Kier molecular flexibility index (Phi) is 6.41. The fourth-order valence-electron chi connectivity index (χ4n) is 4.28. The van der Waals surface area contributed by atoms with E-state index in [2.05, 4.69) is 5.32 Å². The highest BCUT2D eigenvalue weighted by molar-refractivity contribution is 6.30. The van der Waals surface area contributed by atoms with Crippen LogP contribution in [0.15, 0.2) is 36.4 Å². The lowest BCUT2D eigenvalue weighted by Crippen LogP contribution is -2.43. The number of nitrogens with one attached hydrogen (secondary N) is 1. The van der Waals surface area contributed by atoms with Crippen LogP contribution in [0, 0.1) is 17.6 Å². The number of amides is 2. The number of rotatable bonds is 4. The van der Waals surface area contributed by atoms with Crippen molar-refractivity contribution in [3.8, 4) is 0 Å². The maximum absolute atomic E-state index is 14.5. The Bertz CT molecular complexity index is 954. The van der Waals surface area contributed by atoms with E-state index >= 15 is 0 Å². The van der Waals surface area contributed by atoms with E-state index in [9.17, 15) is 18.4 Å². The van der Waals surface area contributed by atoms with Crippen LogP contribution in [0.2, 0.25) is 5.02 Å². The van der Waals surface area contributed by atoms with Gasteiger partial charge in [-0.1, -0.05) is 11.6 Å². The smallest absolute Gasteiger partial charge is 0.253 e. The largest absolute Gasteiger partial charge is 0.367 e. The first-order chi connectivity index (χ1) is 14.9. The summed E-state index contributed by atoms with van der Waals surface area (Å²) in [5, 5.41) is 3.17. The lowest BCUT2D eigenvalue weighted by molar-refractivity contribution is -0.121. The number of anilines is 2. The summed E-state index contributed by atoms with van der Waals surface area (Å²) < 4.78 is 29.1. The van der Waals surface area contributed by atoms with Gasteiger partial charge in [0.05, 0.1) is 5.92 Å². The van der Waals surface area contributed by atoms with Crippen LogP contribution in [-0.4, -0.2) is 42.9 Å². The summed E-state index contributed by atoms with van der Waals surface area (Å²) in [5.74, 6) is -2.32. The van der Waals surface area contributed by atoms with Crippen LogP contribution >= 0.6 is 11.6 Å². The van der Waals surface area contributed by atoms with E-state index in [0.717, 1.165) is 25.0 Å². The molecule has 1 N–H and O–H groups in total. The fraction of sp³-hybridized carbons (Fsp3) is 0.391. The fourth-order valence-corrected chi connectivity index (χ4v) is 4.40. The van der Waals surface area contributed by atoms with Gasteiger partial charge in [0, 0.05) is 42.5 Å². The topological polar surface area (TPSA) is 52.7 Å². The number of halogens is 3. The van der Waals surface area contributed by atoms with Crippen molar-refractivity contribution in [2.45, 2.75) is 25.7 Å². The molecule has 2 aromatic rings. The number of nitrogens with zero attached hydrogens (tertiary/aromatic N) is 2. The maximum Gasteiger partial charge on any atom is 0.253 e. The average molecular weight is 448 g/mol. The summed E-state index contributed by atoms with van der Waals surface area (Å²) in [5.41, 5.74) is 0.559. The van der Waals surface area contributed by atoms with E-state index in [1.54, 1.807) is 34.1 Å². The van der Waals surface area contributed by atoms with Crippen molar-refractivity contribution in [3.05, 3.63) is 58.6 Å². The predicted molar refractivity (Wildman–Crippen MR) is 117 cm³/mol. The first-order valence-electron chi connectivity index (χ1n) is 10.5. The van der Waals surface area contributed by atoms with E-state index in [-0.39, 0.29) is 29.7 Å². The molecule has 0 saturated carbocycles. The summed E-state index contributed by atoms with van der Waals surface area (Å²) in [6.45, 7) is 2.06. The van der Waals surface area contributed by atoms with Crippen LogP contribution < -0.4 is 10.2 Å². The van der Waals surface area contributed by atoms with Gasteiger partial charge in [0.15, 0.2) is 11.6 Å². The van der Waals surface area contributed by atoms with E-state index in [1.807, 2.05) is 0 Å². The highest BCUT2D eigenvalue weighted by Crippen LogP contribution is 2.30. The van der Waals surface area contributed by atoms with E-state index < -0.39 is 17.6 Å². The number of hydrogen-bond acceptors (Lipinski definition) is 3. The monoisotopic (exact) mass is 447 g/mol. The SMILES string of the molecule is O=C(Nc1cc(F)c(N2CCCC2)c(F)c1)C1CCCN(C(=O)c2ccc(Cl)cc2)C1. The Morgan fingerprint density at radius 2 is 1.61 bits per heavy atom. The van der Waals surface area contributed by atoms with Gasteiger partial charge in [-0.3, -0.25) is 9.59 Å². The molecule has 1 unspecified atom stereocenters. The summed E-state index contributed by atoms with van der Waals surface area (Å²) in [4.78, 5) is 28.8. The van der Waals surface area contributed by atoms with Gasteiger partial charge in [0.2, 0.25) is 5.91 Å². The van der Waals surface area contributed by atoms with Gasteiger partial charge in [-0.2, -0.15) is 0 Å². The third-order valence-corrected chi connectivity index (χ3v) is 6.13. The molecule has 164 valence electrons. The van der Waals surface area contributed by atoms with Gasteiger partial charge in [-0.05, 0) is 62.1 Å². The van der Waals surface area contributed by atoms with E-state index in [4.69, 9.17) is 11.6 Å². The Labute approximate surface area is 185 Å². The van der Waals surface area contributed by atoms with Crippen molar-refractivity contribution >= 4 is 34.8 Å². The highest BCUT2D eigenvalue weighted by atomic mass is 35.5. The van der Waals surface area contributed by atoms with Gasteiger partial charge in [0.25, 0.3) is 5.91 Å². The van der Waals surface area contributed by atoms with Gasteiger partial charge < -0.3 is 15.1 Å². The van der Waals surface area contributed by atoms with E-state index in [1.165, 1.54) is 0 Å². The molecule has 2 aromatic carbocycles. The van der Waals surface area contributed by atoms with Crippen LogP contribution in [0.5, 0.6) is 0 Å². The molecule has 2 saturated heterocycles. The summed E-state index contributed by atoms with van der Waals surface area (Å²) >= 11 is 5.88. The van der Waals surface area contributed by atoms with Crippen LogP contribution in [0.3, 0.4) is 0 Å². The molecule has 5 nitrogen and oxygen atoms in total. The molecular formula is C23H24ClF2N3O2. The number of piperidine rings is 1. The molecule has 2 aliphatic heterocycles. The second-order valence-electron chi connectivity index (χ2n) is 8.07. The molecule has 2 heterocycles. The van der Waals surface area contributed by atoms with Crippen molar-refractivity contribution in [2.24, 2.45) is 5.92 Å². The maximum atomic E-state index is 14.5. The van der Waals surface area contributed by atoms with Gasteiger partial charge in [-0.15, -0.1) is 0 Å². The van der Waals surface area contributed by atoms with Crippen molar-refractivity contribution in [3.63, 3.8) is 0 Å². The van der Waals surface area contributed by atoms with Gasteiger partial charge >= 0.3 is 0 Å². The molecular weight excluding hydrogens is 424 g/mol. The minimum Gasteiger partial charge on any atom is -0.367 e. The minimum absolute atomic E-state index is 0.0344. The third-order valence-electron chi connectivity index (χ3n) is 5.88. The first kappa shape index (κ1) is 21.6. The molecule has 4 rings (SSSR count). The van der Waals surface area contributed by atoms with Crippen LogP contribution in [0.4, 0.5) is 20.2 Å². The molecule has 0 spiro atoms. The first-order valence-corrected chi connectivity index (χ1v) is 10.9. The quantitative estimate of drug-likeness (QED) is 0.738. The Morgan fingerprint density at radius 3 is 2.26 bits per heavy atom. The molecule has 0 bridgehead atoms. The zero-order valence-electron chi connectivity index (χ0n) is 17.0. The lowest BCUT2D eigenvalue weighted by Gasteiger charge is -2.32. The third kappa shape index (κ3) is 4.82. The van der Waals surface area contributed by atoms with Crippen molar-refractivity contribution in [1.29, 1.82) is 0 Å². The Balaban J connectivity index is 1.42. The second-order valence-corrected chi connectivity index (χ2v) is 8.51. The number of hydrogen-bond donors (Lipinski definition) is 1. The minimum atomic E-state index is -0.680. The predicted octanol–water partition coefficient (Wildman–Crippen LogP) is 4.71. The molecule has 2 amide bonds. The molecule has 0 aliphatic carbocycles. The number of carbonyl (C=O) groups is 2. The molecule has 2 fully saturated rings. The molecule has 0 aromatic heterocycles. The molecule has 0 radical (unpaired) electrons. The van der Waals surface area contributed by atoms with Crippen LogP contribution in [0.25, 0.3) is 0 Å². The Hall–Kier alpha value is -2.67. The van der Waals surface area contributed by atoms with Gasteiger partial charge in [0.1, 0.15) is 5.69 Å². The van der Waals surface area contributed by atoms with Crippen LogP contribution in [0.1, 0.15) is 36.0 Å².